The van der Waals surface area contributed by atoms with Crippen LogP contribution in [0.1, 0.15) is 21.5 Å². The van der Waals surface area contributed by atoms with E-state index in [1.165, 1.54) is 15.8 Å². The number of hydrogen-bond acceptors (Lipinski definition) is 5. The van der Waals surface area contributed by atoms with Crippen LogP contribution in [0.4, 0.5) is 5.13 Å². The first-order valence-corrected chi connectivity index (χ1v) is 11.5. The Morgan fingerprint density at radius 3 is 2.62 bits per heavy atom. The number of carbonyl (C=O) groups is 1. The first-order chi connectivity index (χ1) is 14.0. The minimum atomic E-state index is -0.0230. The number of halogens is 1. The molecule has 1 aliphatic rings. The number of fused-ring (bicyclic) bond motifs is 1. The first-order valence-electron chi connectivity index (χ1n) is 9.89. The predicted octanol–water partition coefficient (Wildman–Crippen LogP) is 4.23. The average molecular weight is 473 g/mol. The molecule has 0 aliphatic carbocycles. The van der Waals surface area contributed by atoms with Gasteiger partial charge < -0.3 is 10.2 Å². The van der Waals surface area contributed by atoms with Crippen LogP contribution in [0.2, 0.25) is 0 Å². The maximum Gasteiger partial charge on any atom is 0.251 e. The fourth-order valence-electron chi connectivity index (χ4n) is 3.61. The fourth-order valence-corrected chi connectivity index (χ4v) is 5.17. The average Bonchev–Trinajstić information content (AvgIpc) is 3.18. The van der Waals surface area contributed by atoms with Gasteiger partial charge in [-0.05, 0) is 43.2 Å². The molecule has 5 nitrogen and oxygen atoms in total. The van der Waals surface area contributed by atoms with Gasteiger partial charge in [0, 0.05) is 49.3 Å². The molecule has 152 valence electrons. The Morgan fingerprint density at radius 1 is 1.14 bits per heavy atom. The number of nitrogens with zero attached hydrogens (tertiary/aromatic N) is 3. The maximum atomic E-state index is 12.3. The summed E-state index contributed by atoms with van der Waals surface area (Å²) in [4.78, 5) is 22.0. The second kappa shape index (κ2) is 8.81. The van der Waals surface area contributed by atoms with Crippen LogP contribution in [-0.4, -0.2) is 55.1 Å². The second-order valence-corrected chi connectivity index (χ2v) is 9.36. The summed E-state index contributed by atoms with van der Waals surface area (Å²) in [5.74, 6) is -0.0230. The maximum absolute atomic E-state index is 12.3. The van der Waals surface area contributed by atoms with E-state index in [1.807, 2.05) is 24.3 Å². The second-order valence-electron chi connectivity index (χ2n) is 7.47. The van der Waals surface area contributed by atoms with Crippen molar-refractivity contribution in [2.75, 3.05) is 44.2 Å². The zero-order chi connectivity index (χ0) is 20.4. The molecule has 7 heteroatoms. The van der Waals surface area contributed by atoms with Gasteiger partial charge in [-0.3, -0.25) is 9.69 Å². The Hall–Kier alpha value is -1.96. The van der Waals surface area contributed by atoms with E-state index in [9.17, 15) is 4.79 Å². The molecule has 29 heavy (non-hydrogen) atoms. The van der Waals surface area contributed by atoms with Gasteiger partial charge in [0.15, 0.2) is 5.13 Å². The van der Waals surface area contributed by atoms with Gasteiger partial charge in [0.25, 0.3) is 5.91 Å². The zero-order valence-electron chi connectivity index (χ0n) is 16.7. The van der Waals surface area contributed by atoms with E-state index in [0.717, 1.165) is 47.8 Å². The number of aromatic nitrogens is 1. The fraction of sp³-hybridized carbons (Fsp3) is 0.364. The Labute approximate surface area is 183 Å². The van der Waals surface area contributed by atoms with Gasteiger partial charge in [0.05, 0.1) is 10.2 Å². The van der Waals surface area contributed by atoms with Crippen LogP contribution in [0.15, 0.2) is 40.9 Å². The van der Waals surface area contributed by atoms with Crippen molar-refractivity contribution >= 4 is 48.5 Å². The lowest BCUT2D eigenvalue weighted by atomic mass is 10.1. The SMILES string of the molecule is Cc1ccc(C)c2sc(N3CCN(CCNC(=O)c4cccc(Br)c4)CC3)nc12. The molecule has 0 spiro atoms. The van der Waals surface area contributed by atoms with Gasteiger partial charge in [-0.15, -0.1) is 0 Å². The van der Waals surface area contributed by atoms with Crippen molar-refractivity contribution in [3.05, 3.63) is 57.6 Å². The number of piperazine rings is 1. The molecule has 4 rings (SSSR count). The van der Waals surface area contributed by atoms with E-state index in [2.05, 4.69) is 57.0 Å². The lowest BCUT2D eigenvalue weighted by Gasteiger charge is -2.34. The number of thiazole rings is 1. The monoisotopic (exact) mass is 472 g/mol. The van der Waals surface area contributed by atoms with Crippen LogP contribution in [0.5, 0.6) is 0 Å². The van der Waals surface area contributed by atoms with Gasteiger partial charge in [0.2, 0.25) is 0 Å². The zero-order valence-corrected chi connectivity index (χ0v) is 19.1. The number of benzene rings is 2. The van der Waals surface area contributed by atoms with Crippen LogP contribution in [-0.2, 0) is 0 Å². The minimum absolute atomic E-state index is 0.0230. The standard InChI is InChI=1S/C22H25BrN4OS/c1-15-6-7-16(2)20-19(15)25-22(29-20)27-12-10-26(11-13-27)9-8-24-21(28)17-4-3-5-18(23)14-17/h3-7,14H,8-13H2,1-2H3,(H,24,28). The Morgan fingerprint density at radius 2 is 1.90 bits per heavy atom. The van der Waals surface area contributed by atoms with Gasteiger partial charge in [0.1, 0.15) is 0 Å². The summed E-state index contributed by atoms with van der Waals surface area (Å²) < 4.78 is 2.22. The molecule has 2 heterocycles. The molecule has 0 unspecified atom stereocenters. The molecule has 2 aromatic carbocycles. The molecule has 1 N–H and O–H groups in total. The van der Waals surface area contributed by atoms with Crippen molar-refractivity contribution < 1.29 is 4.79 Å². The molecule has 0 saturated carbocycles. The van der Waals surface area contributed by atoms with E-state index in [1.54, 1.807) is 11.3 Å². The Balaban J connectivity index is 1.28. The molecule has 3 aromatic rings. The van der Waals surface area contributed by atoms with Crippen molar-refractivity contribution in [3.8, 4) is 0 Å². The molecule has 0 atom stereocenters. The van der Waals surface area contributed by atoms with E-state index in [0.29, 0.717) is 12.1 Å². The van der Waals surface area contributed by atoms with Crippen LogP contribution in [0, 0.1) is 13.8 Å². The summed E-state index contributed by atoms with van der Waals surface area (Å²) in [7, 11) is 0. The third-order valence-electron chi connectivity index (χ3n) is 5.37. The topological polar surface area (TPSA) is 48.5 Å². The Bertz CT molecular complexity index is 988. The van der Waals surface area contributed by atoms with Crippen molar-refractivity contribution in [2.45, 2.75) is 13.8 Å². The van der Waals surface area contributed by atoms with E-state index in [-0.39, 0.29) is 5.91 Å². The van der Waals surface area contributed by atoms with Crippen LogP contribution >= 0.6 is 27.3 Å². The lowest BCUT2D eigenvalue weighted by Crippen LogP contribution is -2.48. The lowest BCUT2D eigenvalue weighted by molar-refractivity contribution is 0.0947. The highest BCUT2D eigenvalue weighted by Crippen LogP contribution is 2.33. The molecule has 0 bridgehead atoms. The summed E-state index contributed by atoms with van der Waals surface area (Å²) in [5, 5.41) is 4.15. The summed E-state index contributed by atoms with van der Waals surface area (Å²) in [6.45, 7) is 9.72. The van der Waals surface area contributed by atoms with Crippen molar-refractivity contribution in [1.82, 2.24) is 15.2 Å². The molecular weight excluding hydrogens is 448 g/mol. The molecule has 1 amide bonds. The summed E-state index contributed by atoms with van der Waals surface area (Å²) >= 11 is 5.21. The quantitative estimate of drug-likeness (QED) is 0.603. The van der Waals surface area contributed by atoms with Crippen molar-refractivity contribution in [1.29, 1.82) is 0 Å². The first kappa shape index (κ1) is 20.3. The molecular formula is C22H25BrN4OS. The highest BCUT2D eigenvalue weighted by Gasteiger charge is 2.20. The number of anilines is 1. The predicted molar refractivity (Wildman–Crippen MR) is 124 cm³/mol. The summed E-state index contributed by atoms with van der Waals surface area (Å²) in [6, 6.07) is 11.8. The highest BCUT2D eigenvalue weighted by molar-refractivity contribution is 9.10. The number of rotatable bonds is 5. The highest BCUT2D eigenvalue weighted by atomic mass is 79.9. The van der Waals surface area contributed by atoms with E-state index < -0.39 is 0 Å². The summed E-state index contributed by atoms with van der Waals surface area (Å²) in [6.07, 6.45) is 0. The van der Waals surface area contributed by atoms with E-state index >= 15 is 0 Å². The molecule has 0 radical (unpaired) electrons. The van der Waals surface area contributed by atoms with E-state index in [4.69, 9.17) is 4.98 Å². The van der Waals surface area contributed by atoms with Gasteiger partial charge in [-0.2, -0.15) is 0 Å². The van der Waals surface area contributed by atoms with Gasteiger partial charge >= 0.3 is 0 Å². The van der Waals surface area contributed by atoms with Crippen LogP contribution in [0.25, 0.3) is 10.2 Å². The third-order valence-corrected chi connectivity index (χ3v) is 7.12. The smallest absolute Gasteiger partial charge is 0.251 e. The normalized spacial score (nSPS) is 15.1. The largest absolute Gasteiger partial charge is 0.351 e. The molecule has 1 aromatic heterocycles. The summed E-state index contributed by atoms with van der Waals surface area (Å²) in [5.41, 5.74) is 4.37. The van der Waals surface area contributed by atoms with Crippen LogP contribution in [0.3, 0.4) is 0 Å². The molecule has 1 aliphatic heterocycles. The minimum Gasteiger partial charge on any atom is -0.351 e. The van der Waals surface area contributed by atoms with Crippen molar-refractivity contribution in [2.24, 2.45) is 0 Å². The van der Waals surface area contributed by atoms with Gasteiger partial charge in [-0.1, -0.05) is 45.5 Å². The van der Waals surface area contributed by atoms with Crippen molar-refractivity contribution in [3.63, 3.8) is 0 Å². The number of amides is 1. The van der Waals surface area contributed by atoms with Gasteiger partial charge in [-0.25, -0.2) is 4.98 Å². The molecule has 1 fully saturated rings. The van der Waals surface area contributed by atoms with Crippen LogP contribution < -0.4 is 10.2 Å². The molecule has 1 saturated heterocycles. The number of aryl methyl sites for hydroxylation is 2. The number of carbonyl (C=O) groups excluding carboxylic acids is 1. The Kier molecular flexibility index (Phi) is 6.18. The number of hydrogen-bond donors (Lipinski definition) is 1. The third kappa shape index (κ3) is 4.63. The number of nitrogens with one attached hydrogen (secondary N) is 1.